The first-order valence-electron chi connectivity index (χ1n) is 5.59. The monoisotopic (exact) mass is 223 g/mol. The van der Waals surface area contributed by atoms with Crippen molar-refractivity contribution in [2.45, 2.75) is 31.4 Å². The van der Waals surface area contributed by atoms with Crippen LogP contribution in [0.1, 0.15) is 30.9 Å². The smallest absolute Gasteiger partial charge is 0.119 e. The van der Waals surface area contributed by atoms with E-state index in [9.17, 15) is 15.3 Å². The van der Waals surface area contributed by atoms with E-state index in [1.807, 2.05) is 0 Å². The van der Waals surface area contributed by atoms with E-state index in [-0.39, 0.29) is 11.5 Å². The maximum absolute atomic E-state index is 9.85. The third-order valence-electron chi connectivity index (χ3n) is 3.01. The van der Waals surface area contributed by atoms with Crippen LogP contribution < -0.4 is 5.32 Å². The number of phenolic OH excluding ortho intramolecular Hbond substituents is 2. The van der Waals surface area contributed by atoms with Crippen molar-refractivity contribution in [3.63, 3.8) is 0 Å². The lowest BCUT2D eigenvalue weighted by Gasteiger charge is -2.27. The molecule has 16 heavy (non-hydrogen) atoms. The Bertz CT molecular complexity index is 343. The first kappa shape index (κ1) is 11.2. The largest absolute Gasteiger partial charge is 0.508 e. The minimum atomic E-state index is -0.696. The van der Waals surface area contributed by atoms with E-state index in [1.54, 1.807) is 0 Å². The molecule has 2 rings (SSSR count). The van der Waals surface area contributed by atoms with E-state index in [1.165, 1.54) is 24.6 Å². The molecule has 0 saturated heterocycles. The standard InChI is InChI=1S/C12H17NO3/c14-10-4-8(5-11(15)6-10)12(16)7-13-9-2-1-3-9/h4-6,9,12-16H,1-3,7H2. The maximum Gasteiger partial charge on any atom is 0.119 e. The fourth-order valence-corrected chi connectivity index (χ4v) is 1.82. The second-order valence-electron chi connectivity index (χ2n) is 4.33. The second-order valence-corrected chi connectivity index (χ2v) is 4.33. The van der Waals surface area contributed by atoms with E-state index in [4.69, 9.17) is 0 Å². The van der Waals surface area contributed by atoms with Crippen LogP contribution >= 0.6 is 0 Å². The van der Waals surface area contributed by atoms with Crippen molar-refractivity contribution in [1.29, 1.82) is 0 Å². The zero-order valence-electron chi connectivity index (χ0n) is 9.06. The van der Waals surface area contributed by atoms with Gasteiger partial charge in [0.2, 0.25) is 0 Å². The van der Waals surface area contributed by atoms with Crippen LogP contribution in [0, 0.1) is 0 Å². The minimum absolute atomic E-state index is 0.0299. The molecule has 4 nitrogen and oxygen atoms in total. The molecule has 0 bridgehead atoms. The van der Waals surface area contributed by atoms with Crippen LogP contribution in [0.15, 0.2) is 18.2 Å². The number of aliphatic hydroxyl groups is 1. The zero-order valence-corrected chi connectivity index (χ0v) is 9.06. The van der Waals surface area contributed by atoms with Gasteiger partial charge in [-0.2, -0.15) is 0 Å². The van der Waals surface area contributed by atoms with Crippen LogP contribution in [0.5, 0.6) is 11.5 Å². The van der Waals surface area contributed by atoms with Crippen LogP contribution in [0.2, 0.25) is 0 Å². The molecule has 88 valence electrons. The molecule has 0 heterocycles. The molecule has 0 aromatic heterocycles. The highest BCUT2D eigenvalue weighted by Gasteiger charge is 2.18. The first-order chi connectivity index (χ1) is 7.65. The van der Waals surface area contributed by atoms with Crippen LogP contribution in [-0.4, -0.2) is 27.9 Å². The van der Waals surface area contributed by atoms with E-state index < -0.39 is 6.10 Å². The van der Waals surface area contributed by atoms with E-state index >= 15 is 0 Å². The summed E-state index contributed by atoms with van der Waals surface area (Å²) in [6.45, 7) is 0.452. The van der Waals surface area contributed by atoms with Crippen molar-refractivity contribution in [3.8, 4) is 11.5 Å². The molecule has 1 saturated carbocycles. The van der Waals surface area contributed by atoms with Crippen molar-refractivity contribution >= 4 is 0 Å². The van der Waals surface area contributed by atoms with Crippen molar-refractivity contribution < 1.29 is 15.3 Å². The molecular formula is C12H17NO3. The summed E-state index contributed by atoms with van der Waals surface area (Å²) in [7, 11) is 0. The van der Waals surface area contributed by atoms with Gasteiger partial charge in [-0.15, -0.1) is 0 Å². The Hall–Kier alpha value is -1.26. The summed E-state index contributed by atoms with van der Waals surface area (Å²) < 4.78 is 0. The number of hydrogen-bond donors (Lipinski definition) is 4. The highest BCUT2D eigenvalue weighted by atomic mass is 16.3. The molecule has 4 N–H and O–H groups in total. The molecule has 1 aromatic carbocycles. The molecule has 0 aliphatic heterocycles. The van der Waals surface area contributed by atoms with Gasteiger partial charge in [-0.1, -0.05) is 6.42 Å². The predicted octanol–water partition coefficient (Wildman–Crippen LogP) is 1.27. The minimum Gasteiger partial charge on any atom is -0.508 e. The molecule has 1 aliphatic carbocycles. The molecule has 4 heteroatoms. The molecule has 0 spiro atoms. The summed E-state index contributed by atoms with van der Waals surface area (Å²) in [5, 5.41) is 31.7. The highest BCUT2D eigenvalue weighted by Crippen LogP contribution is 2.25. The molecular weight excluding hydrogens is 206 g/mol. The predicted molar refractivity (Wildman–Crippen MR) is 60.4 cm³/mol. The number of aromatic hydroxyl groups is 2. The van der Waals surface area contributed by atoms with E-state index in [0.717, 1.165) is 12.8 Å². The van der Waals surface area contributed by atoms with Crippen molar-refractivity contribution in [2.24, 2.45) is 0 Å². The normalized spacial score (nSPS) is 18.1. The second kappa shape index (κ2) is 4.72. The SMILES string of the molecule is Oc1cc(O)cc(C(O)CNC2CCC2)c1. The zero-order chi connectivity index (χ0) is 11.5. The lowest BCUT2D eigenvalue weighted by molar-refractivity contribution is 0.160. The Balaban J connectivity index is 1.93. The summed E-state index contributed by atoms with van der Waals surface area (Å²) >= 11 is 0. The Kier molecular flexibility index (Phi) is 3.31. The van der Waals surface area contributed by atoms with Crippen LogP contribution in [0.4, 0.5) is 0 Å². The summed E-state index contributed by atoms with van der Waals surface area (Å²) in [6, 6.07) is 4.69. The Labute approximate surface area is 94.5 Å². The Morgan fingerprint density at radius 3 is 2.31 bits per heavy atom. The first-order valence-corrected chi connectivity index (χ1v) is 5.59. The summed E-state index contributed by atoms with van der Waals surface area (Å²) in [6.07, 6.45) is 2.88. The van der Waals surface area contributed by atoms with E-state index in [0.29, 0.717) is 18.2 Å². The maximum atomic E-state index is 9.85. The van der Waals surface area contributed by atoms with Gasteiger partial charge >= 0.3 is 0 Å². The quantitative estimate of drug-likeness (QED) is 0.620. The van der Waals surface area contributed by atoms with Gasteiger partial charge in [0.1, 0.15) is 11.5 Å². The van der Waals surface area contributed by atoms with Crippen molar-refractivity contribution in [2.75, 3.05) is 6.54 Å². The summed E-state index contributed by atoms with van der Waals surface area (Å²) in [4.78, 5) is 0. The van der Waals surface area contributed by atoms with Gasteiger partial charge in [0, 0.05) is 18.7 Å². The highest BCUT2D eigenvalue weighted by molar-refractivity contribution is 5.37. The lowest BCUT2D eigenvalue weighted by atomic mass is 9.93. The average Bonchev–Trinajstić information content (AvgIpc) is 2.13. The van der Waals surface area contributed by atoms with Crippen molar-refractivity contribution in [3.05, 3.63) is 23.8 Å². The van der Waals surface area contributed by atoms with Gasteiger partial charge in [-0.05, 0) is 30.5 Å². The summed E-state index contributed by atoms with van der Waals surface area (Å²) in [5.74, 6) is -0.0598. The molecule has 1 aliphatic rings. The van der Waals surface area contributed by atoms with Crippen LogP contribution in [-0.2, 0) is 0 Å². The Morgan fingerprint density at radius 1 is 1.19 bits per heavy atom. The van der Waals surface area contributed by atoms with Gasteiger partial charge in [0.15, 0.2) is 0 Å². The van der Waals surface area contributed by atoms with Crippen LogP contribution in [0.25, 0.3) is 0 Å². The van der Waals surface area contributed by atoms with Crippen LogP contribution in [0.3, 0.4) is 0 Å². The molecule has 0 radical (unpaired) electrons. The molecule has 0 amide bonds. The topological polar surface area (TPSA) is 72.7 Å². The van der Waals surface area contributed by atoms with Crippen molar-refractivity contribution in [1.82, 2.24) is 5.32 Å². The van der Waals surface area contributed by atoms with Gasteiger partial charge in [0.05, 0.1) is 6.10 Å². The molecule has 1 atom stereocenters. The fraction of sp³-hybridized carbons (Fsp3) is 0.500. The molecule has 1 fully saturated rings. The van der Waals surface area contributed by atoms with Gasteiger partial charge in [-0.25, -0.2) is 0 Å². The number of rotatable bonds is 4. The van der Waals surface area contributed by atoms with E-state index in [2.05, 4.69) is 5.32 Å². The van der Waals surface area contributed by atoms with Gasteiger partial charge in [0.25, 0.3) is 0 Å². The Morgan fingerprint density at radius 2 is 1.81 bits per heavy atom. The average molecular weight is 223 g/mol. The third-order valence-corrected chi connectivity index (χ3v) is 3.01. The number of nitrogens with one attached hydrogen (secondary N) is 1. The molecule has 1 unspecified atom stereocenters. The summed E-state index contributed by atoms with van der Waals surface area (Å²) in [5.41, 5.74) is 0.532. The number of hydrogen-bond acceptors (Lipinski definition) is 4. The number of benzene rings is 1. The lowest BCUT2D eigenvalue weighted by Crippen LogP contribution is -2.37. The number of aliphatic hydroxyl groups excluding tert-OH is 1. The third kappa shape index (κ3) is 2.65. The molecule has 1 aromatic rings. The fourth-order valence-electron chi connectivity index (χ4n) is 1.82. The number of phenols is 2. The van der Waals surface area contributed by atoms with Gasteiger partial charge < -0.3 is 20.6 Å². The van der Waals surface area contributed by atoms with Gasteiger partial charge in [-0.3, -0.25) is 0 Å².